The van der Waals surface area contributed by atoms with Crippen LogP contribution in [0.4, 0.5) is 0 Å². The van der Waals surface area contributed by atoms with Crippen LogP contribution < -0.4 is 5.32 Å². The third kappa shape index (κ3) is 4.16. The van der Waals surface area contributed by atoms with Crippen molar-refractivity contribution in [1.29, 1.82) is 0 Å². The van der Waals surface area contributed by atoms with Crippen LogP contribution in [0.3, 0.4) is 0 Å². The Balaban J connectivity index is 2.71. The topological polar surface area (TPSA) is 17.0 Å². The van der Waals surface area contributed by atoms with E-state index in [0.29, 0.717) is 12.0 Å². The van der Waals surface area contributed by atoms with Gasteiger partial charge in [0.1, 0.15) is 0 Å². The number of nitrogens with zero attached hydrogens (tertiary/aromatic N) is 1. The van der Waals surface area contributed by atoms with Gasteiger partial charge in [0, 0.05) is 25.0 Å². The first-order valence-corrected chi connectivity index (χ1v) is 7.51. The maximum atomic E-state index is 3.58. The minimum absolute atomic E-state index is 0.484. The molecule has 2 nitrogen and oxygen atoms in total. The summed E-state index contributed by atoms with van der Waals surface area (Å²) in [6.07, 6.45) is 7.10. The Morgan fingerprint density at radius 2 is 1.83 bits per heavy atom. The molecule has 0 saturated heterocycles. The normalized spacial score (nSPS) is 13.5. The summed E-state index contributed by atoms with van der Waals surface area (Å²) in [5, 5.41) is 3.58. The lowest BCUT2D eigenvalue weighted by Crippen LogP contribution is -2.25. The number of aromatic nitrogens is 1. The predicted octanol–water partition coefficient (Wildman–Crippen LogP) is 4.23. The van der Waals surface area contributed by atoms with Crippen LogP contribution in [0, 0.1) is 11.8 Å². The molecule has 0 aliphatic heterocycles. The molecular weight excluding hydrogens is 220 g/mol. The molecule has 1 N–H and O–H groups in total. The zero-order valence-electron chi connectivity index (χ0n) is 12.7. The van der Waals surface area contributed by atoms with Crippen molar-refractivity contribution >= 4 is 0 Å². The van der Waals surface area contributed by atoms with Crippen molar-refractivity contribution in [3.63, 3.8) is 0 Å². The Bertz CT molecular complexity index is 324. The highest BCUT2D eigenvalue weighted by atomic mass is 15.0. The van der Waals surface area contributed by atoms with E-state index in [-0.39, 0.29) is 0 Å². The zero-order chi connectivity index (χ0) is 13.5. The molecule has 1 heterocycles. The minimum atomic E-state index is 0.484. The second-order valence-electron chi connectivity index (χ2n) is 5.60. The summed E-state index contributed by atoms with van der Waals surface area (Å²) in [6, 6.07) is 2.76. The quantitative estimate of drug-likeness (QED) is 0.730. The second kappa shape index (κ2) is 7.63. The van der Waals surface area contributed by atoms with E-state index in [2.05, 4.69) is 63.0 Å². The molecule has 1 aromatic rings. The third-order valence-electron chi connectivity index (χ3n) is 3.85. The highest BCUT2D eigenvalue weighted by Gasteiger charge is 2.15. The summed E-state index contributed by atoms with van der Waals surface area (Å²) in [7, 11) is 0. The molecule has 1 atom stereocenters. The average molecular weight is 250 g/mol. The summed E-state index contributed by atoms with van der Waals surface area (Å²) in [5.74, 6) is 1.44. The third-order valence-corrected chi connectivity index (χ3v) is 3.85. The lowest BCUT2D eigenvalue weighted by molar-refractivity contribution is 0.409. The Labute approximate surface area is 113 Å². The molecule has 104 valence electrons. The monoisotopic (exact) mass is 250 g/mol. The molecule has 0 spiro atoms. The average Bonchev–Trinajstić information content (AvgIpc) is 2.80. The van der Waals surface area contributed by atoms with Gasteiger partial charge in [-0.3, -0.25) is 0 Å². The van der Waals surface area contributed by atoms with E-state index in [1.54, 1.807) is 0 Å². The summed E-state index contributed by atoms with van der Waals surface area (Å²) < 4.78 is 2.36. The first kappa shape index (κ1) is 15.3. The van der Waals surface area contributed by atoms with Gasteiger partial charge in [-0.05, 0) is 30.0 Å². The van der Waals surface area contributed by atoms with Crippen LogP contribution in [0.15, 0.2) is 18.5 Å². The van der Waals surface area contributed by atoms with E-state index < -0.39 is 0 Å². The van der Waals surface area contributed by atoms with E-state index in [9.17, 15) is 0 Å². The molecular formula is C16H30N2. The molecule has 0 radical (unpaired) electrons. The maximum absolute atomic E-state index is 3.58. The van der Waals surface area contributed by atoms with E-state index in [1.165, 1.54) is 18.4 Å². The summed E-state index contributed by atoms with van der Waals surface area (Å²) in [5.41, 5.74) is 1.43. The highest BCUT2D eigenvalue weighted by molar-refractivity contribution is 5.16. The lowest BCUT2D eigenvalue weighted by atomic mass is 9.98. The minimum Gasteiger partial charge on any atom is -0.354 e. The molecule has 0 aliphatic rings. The summed E-state index contributed by atoms with van der Waals surface area (Å²) in [4.78, 5) is 0. The van der Waals surface area contributed by atoms with Gasteiger partial charge < -0.3 is 9.88 Å². The lowest BCUT2D eigenvalue weighted by Gasteiger charge is -2.21. The van der Waals surface area contributed by atoms with Crippen LogP contribution >= 0.6 is 0 Å². The molecule has 0 saturated carbocycles. The standard InChI is InChI=1S/C16H30N2/c1-6-14(7-2)11-18-10-9-15(12-18)16(13(4)5)17-8-3/h9-10,12-14,16-17H,6-8,11H2,1-5H3. The van der Waals surface area contributed by atoms with Crippen molar-refractivity contribution in [2.24, 2.45) is 11.8 Å². The van der Waals surface area contributed by atoms with Crippen LogP contribution in [-0.2, 0) is 6.54 Å². The van der Waals surface area contributed by atoms with Crippen molar-refractivity contribution in [1.82, 2.24) is 9.88 Å². The van der Waals surface area contributed by atoms with Crippen LogP contribution in [0.2, 0.25) is 0 Å². The smallest absolute Gasteiger partial charge is 0.0358 e. The Hall–Kier alpha value is -0.760. The first-order chi connectivity index (χ1) is 8.62. The van der Waals surface area contributed by atoms with Crippen molar-refractivity contribution in [2.45, 2.75) is 60.0 Å². The van der Waals surface area contributed by atoms with E-state index in [4.69, 9.17) is 0 Å². The fourth-order valence-corrected chi connectivity index (χ4v) is 2.56. The van der Waals surface area contributed by atoms with Gasteiger partial charge in [-0.15, -0.1) is 0 Å². The highest BCUT2D eigenvalue weighted by Crippen LogP contribution is 2.22. The van der Waals surface area contributed by atoms with Gasteiger partial charge in [-0.25, -0.2) is 0 Å². The molecule has 1 aromatic heterocycles. The maximum Gasteiger partial charge on any atom is 0.0358 e. The Morgan fingerprint density at radius 3 is 2.33 bits per heavy atom. The molecule has 2 heteroatoms. The largest absolute Gasteiger partial charge is 0.354 e. The molecule has 0 fully saturated rings. The molecule has 0 amide bonds. The van der Waals surface area contributed by atoms with Gasteiger partial charge in [-0.1, -0.05) is 47.5 Å². The summed E-state index contributed by atoms with van der Waals surface area (Å²) >= 11 is 0. The number of hydrogen-bond acceptors (Lipinski definition) is 1. The molecule has 0 aliphatic carbocycles. The van der Waals surface area contributed by atoms with Gasteiger partial charge in [0.25, 0.3) is 0 Å². The second-order valence-corrected chi connectivity index (χ2v) is 5.60. The fraction of sp³-hybridized carbons (Fsp3) is 0.750. The van der Waals surface area contributed by atoms with Crippen LogP contribution in [0.1, 0.15) is 59.1 Å². The number of nitrogens with one attached hydrogen (secondary N) is 1. The van der Waals surface area contributed by atoms with Crippen molar-refractivity contribution in [2.75, 3.05) is 6.54 Å². The molecule has 0 aromatic carbocycles. The van der Waals surface area contributed by atoms with Crippen LogP contribution in [-0.4, -0.2) is 11.1 Å². The molecule has 0 bridgehead atoms. The van der Waals surface area contributed by atoms with Gasteiger partial charge in [0.2, 0.25) is 0 Å². The predicted molar refractivity (Wildman–Crippen MR) is 79.8 cm³/mol. The summed E-state index contributed by atoms with van der Waals surface area (Å²) in [6.45, 7) is 13.5. The van der Waals surface area contributed by atoms with E-state index in [1.807, 2.05) is 0 Å². The van der Waals surface area contributed by atoms with Crippen LogP contribution in [0.5, 0.6) is 0 Å². The van der Waals surface area contributed by atoms with Crippen molar-refractivity contribution < 1.29 is 0 Å². The molecule has 18 heavy (non-hydrogen) atoms. The van der Waals surface area contributed by atoms with Gasteiger partial charge >= 0.3 is 0 Å². The number of rotatable bonds is 8. The molecule has 1 unspecified atom stereocenters. The van der Waals surface area contributed by atoms with E-state index in [0.717, 1.165) is 19.0 Å². The number of hydrogen-bond donors (Lipinski definition) is 1. The zero-order valence-corrected chi connectivity index (χ0v) is 12.7. The SMILES string of the molecule is CCNC(c1ccn(CC(CC)CC)c1)C(C)C. The van der Waals surface area contributed by atoms with Gasteiger partial charge in [-0.2, -0.15) is 0 Å². The van der Waals surface area contributed by atoms with Crippen molar-refractivity contribution in [3.05, 3.63) is 24.0 Å². The van der Waals surface area contributed by atoms with Gasteiger partial charge in [0.05, 0.1) is 0 Å². The fourth-order valence-electron chi connectivity index (χ4n) is 2.56. The van der Waals surface area contributed by atoms with Crippen molar-refractivity contribution in [3.8, 4) is 0 Å². The Kier molecular flexibility index (Phi) is 6.48. The van der Waals surface area contributed by atoms with E-state index >= 15 is 0 Å². The van der Waals surface area contributed by atoms with Gasteiger partial charge in [0.15, 0.2) is 0 Å². The molecule has 1 rings (SSSR count). The van der Waals surface area contributed by atoms with Crippen LogP contribution in [0.25, 0.3) is 0 Å². The first-order valence-electron chi connectivity index (χ1n) is 7.51. The Morgan fingerprint density at radius 1 is 1.17 bits per heavy atom.